The van der Waals surface area contributed by atoms with Crippen LogP contribution in [-0.4, -0.2) is 23.1 Å². The molecule has 0 radical (unpaired) electrons. The van der Waals surface area contributed by atoms with Gasteiger partial charge < -0.3 is 14.9 Å². The fourth-order valence-corrected chi connectivity index (χ4v) is 3.79. The van der Waals surface area contributed by atoms with Gasteiger partial charge in [-0.2, -0.15) is 0 Å². The van der Waals surface area contributed by atoms with E-state index in [1.54, 1.807) is 19.2 Å². The monoisotopic (exact) mass is 346 g/mol. The van der Waals surface area contributed by atoms with Crippen molar-refractivity contribution in [1.82, 2.24) is 0 Å². The van der Waals surface area contributed by atoms with E-state index in [2.05, 4.69) is 0 Å². The Morgan fingerprint density at radius 2 is 1.42 bits per heavy atom. The molecule has 0 spiro atoms. The number of para-hydroxylation sites is 1. The Labute approximate surface area is 151 Å². The summed E-state index contributed by atoms with van der Waals surface area (Å²) in [4.78, 5) is 12.9. The van der Waals surface area contributed by atoms with Crippen molar-refractivity contribution in [1.29, 1.82) is 0 Å². The van der Waals surface area contributed by atoms with Gasteiger partial charge in [-0.15, -0.1) is 0 Å². The second-order valence-corrected chi connectivity index (χ2v) is 6.38. The number of carbonyl (C=O) groups excluding carboxylic acids is 1. The van der Waals surface area contributed by atoms with E-state index in [0.29, 0.717) is 6.42 Å². The maximum absolute atomic E-state index is 12.9. The molecule has 1 aliphatic carbocycles. The number of ketones is 1. The molecule has 0 unspecified atom stereocenters. The number of methoxy groups -OCH3 is 1. The van der Waals surface area contributed by atoms with Gasteiger partial charge in [-0.25, -0.2) is 0 Å². The molecule has 3 aromatic rings. The van der Waals surface area contributed by atoms with Crippen LogP contribution in [0.3, 0.4) is 0 Å². The van der Waals surface area contributed by atoms with Crippen LogP contribution in [-0.2, 0) is 6.42 Å². The normalized spacial score (nSPS) is 13.2. The highest BCUT2D eigenvalue weighted by Gasteiger charge is 2.35. The molecule has 4 rings (SSSR count). The van der Waals surface area contributed by atoms with Crippen LogP contribution in [0.5, 0.6) is 17.2 Å². The topological polar surface area (TPSA) is 66.8 Å². The molecule has 26 heavy (non-hydrogen) atoms. The second-order valence-electron chi connectivity index (χ2n) is 6.38. The maximum atomic E-state index is 12.9. The first kappa shape index (κ1) is 16.2. The lowest BCUT2D eigenvalue weighted by Crippen LogP contribution is -2.21. The van der Waals surface area contributed by atoms with Crippen LogP contribution >= 0.6 is 0 Å². The van der Waals surface area contributed by atoms with E-state index < -0.39 is 0 Å². The summed E-state index contributed by atoms with van der Waals surface area (Å²) in [5, 5.41) is 20.6. The fraction of sp³-hybridized carbons (Fsp3) is 0.136. The quantitative estimate of drug-likeness (QED) is 0.751. The van der Waals surface area contributed by atoms with Gasteiger partial charge in [0.15, 0.2) is 0 Å². The van der Waals surface area contributed by atoms with Gasteiger partial charge in [0.25, 0.3) is 0 Å². The van der Waals surface area contributed by atoms with E-state index in [1.165, 1.54) is 12.1 Å². The second kappa shape index (κ2) is 6.23. The first-order chi connectivity index (χ1) is 12.6. The molecule has 2 N–H and O–H groups in total. The molecule has 0 heterocycles. The number of hydrogen-bond acceptors (Lipinski definition) is 4. The number of phenols is 2. The van der Waals surface area contributed by atoms with E-state index >= 15 is 0 Å². The molecule has 1 aliphatic rings. The predicted molar refractivity (Wildman–Crippen MR) is 98.2 cm³/mol. The van der Waals surface area contributed by atoms with Crippen LogP contribution in [0, 0.1) is 0 Å². The van der Waals surface area contributed by atoms with Crippen LogP contribution in [0.25, 0.3) is 0 Å². The van der Waals surface area contributed by atoms with Crippen molar-refractivity contribution in [2.75, 3.05) is 7.11 Å². The summed E-state index contributed by atoms with van der Waals surface area (Å²) >= 11 is 0. The summed E-state index contributed by atoms with van der Waals surface area (Å²) in [6.45, 7) is 0. The van der Waals surface area contributed by atoms with Crippen LogP contribution in [0.1, 0.15) is 38.5 Å². The highest BCUT2D eigenvalue weighted by atomic mass is 16.5. The molecular weight excluding hydrogens is 328 g/mol. The Morgan fingerprint density at radius 1 is 0.846 bits per heavy atom. The zero-order chi connectivity index (χ0) is 18.3. The number of carbonyl (C=O) groups is 1. The van der Waals surface area contributed by atoms with E-state index in [-0.39, 0.29) is 34.3 Å². The summed E-state index contributed by atoms with van der Waals surface area (Å²) < 4.78 is 5.47. The summed E-state index contributed by atoms with van der Waals surface area (Å²) in [6.07, 6.45) is 0.588. The molecule has 0 saturated heterocycles. The minimum atomic E-state index is -0.345. The molecule has 0 aromatic heterocycles. The maximum Gasteiger partial charge on any atom is 0.201 e. The lowest BCUT2D eigenvalue weighted by Gasteiger charge is -2.29. The van der Waals surface area contributed by atoms with Crippen LogP contribution in [0.2, 0.25) is 0 Å². The third-order valence-corrected chi connectivity index (χ3v) is 4.97. The Balaban J connectivity index is 1.93. The molecule has 0 bridgehead atoms. The number of aromatic hydroxyl groups is 2. The molecule has 4 heteroatoms. The minimum Gasteiger partial charge on any atom is -0.507 e. The number of ether oxygens (including phenoxy) is 1. The van der Waals surface area contributed by atoms with E-state index in [4.69, 9.17) is 4.74 Å². The first-order valence-electron chi connectivity index (χ1n) is 8.42. The van der Waals surface area contributed by atoms with Crippen molar-refractivity contribution in [2.45, 2.75) is 12.3 Å². The molecule has 0 amide bonds. The largest absolute Gasteiger partial charge is 0.507 e. The van der Waals surface area contributed by atoms with Crippen molar-refractivity contribution in [3.05, 3.63) is 88.5 Å². The Bertz CT molecular complexity index is 951. The van der Waals surface area contributed by atoms with Crippen molar-refractivity contribution in [3.8, 4) is 17.2 Å². The van der Waals surface area contributed by atoms with Crippen LogP contribution in [0.15, 0.2) is 60.7 Å². The SMILES string of the molecule is COc1ccccc1CC1c2cccc(O)c2C(=O)c2c(O)cccc21. The minimum absolute atomic E-state index is 0.0635. The molecule has 4 nitrogen and oxygen atoms in total. The first-order valence-corrected chi connectivity index (χ1v) is 8.42. The van der Waals surface area contributed by atoms with Crippen molar-refractivity contribution in [2.24, 2.45) is 0 Å². The van der Waals surface area contributed by atoms with Gasteiger partial charge in [-0.3, -0.25) is 4.79 Å². The van der Waals surface area contributed by atoms with Crippen LogP contribution < -0.4 is 4.74 Å². The smallest absolute Gasteiger partial charge is 0.201 e. The number of hydrogen-bond donors (Lipinski definition) is 2. The standard InChI is InChI=1S/C22H18O4/c1-26-19-11-3-2-6-13(19)12-16-14-7-4-9-17(23)20(14)22(25)21-15(16)8-5-10-18(21)24/h2-11,16,23-24H,12H2,1H3. The molecule has 0 fully saturated rings. The molecule has 0 aliphatic heterocycles. The van der Waals surface area contributed by atoms with Gasteiger partial charge in [-0.05, 0) is 41.3 Å². The lowest BCUT2D eigenvalue weighted by molar-refractivity contribution is 0.102. The summed E-state index contributed by atoms with van der Waals surface area (Å²) in [7, 11) is 1.63. The number of rotatable bonds is 3. The number of phenolic OH excluding ortho intramolecular Hbond substituents is 2. The van der Waals surface area contributed by atoms with Crippen molar-refractivity contribution < 1.29 is 19.7 Å². The van der Waals surface area contributed by atoms with E-state index in [1.807, 2.05) is 36.4 Å². The molecule has 0 atom stereocenters. The Hall–Kier alpha value is -3.27. The fourth-order valence-electron chi connectivity index (χ4n) is 3.79. The predicted octanol–water partition coefficient (Wildman–Crippen LogP) is 4.03. The summed E-state index contributed by atoms with van der Waals surface area (Å²) in [5.41, 5.74) is 3.05. The Kier molecular flexibility index (Phi) is 3.88. The highest BCUT2D eigenvalue weighted by molar-refractivity contribution is 6.15. The summed E-state index contributed by atoms with van der Waals surface area (Å²) in [5.74, 6) is 0.126. The van der Waals surface area contributed by atoms with Crippen molar-refractivity contribution >= 4 is 5.78 Å². The van der Waals surface area contributed by atoms with E-state index in [9.17, 15) is 15.0 Å². The zero-order valence-electron chi connectivity index (χ0n) is 14.3. The van der Waals surface area contributed by atoms with Gasteiger partial charge in [0.05, 0.1) is 18.2 Å². The average Bonchev–Trinajstić information content (AvgIpc) is 2.65. The highest BCUT2D eigenvalue weighted by Crippen LogP contribution is 2.44. The zero-order valence-corrected chi connectivity index (χ0v) is 14.3. The van der Waals surface area contributed by atoms with Gasteiger partial charge in [0.1, 0.15) is 17.2 Å². The van der Waals surface area contributed by atoms with Gasteiger partial charge in [0, 0.05) is 5.92 Å². The third-order valence-electron chi connectivity index (χ3n) is 4.97. The Morgan fingerprint density at radius 3 is 2.00 bits per heavy atom. The van der Waals surface area contributed by atoms with Crippen molar-refractivity contribution in [3.63, 3.8) is 0 Å². The van der Waals surface area contributed by atoms with E-state index in [0.717, 1.165) is 22.4 Å². The number of fused-ring (bicyclic) bond motifs is 2. The molecule has 130 valence electrons. The van der Waals surface area contributed by atoms with Crippen LogP contribution in [0.4, 0.5) is 0 Å². The third kappa shape index (κ3) is 2.42. The summed E-state index contributed by atoms with van der Waals surface area (Å²) in [6, 6.07) is 17.9. The van der Waals surface area contributed by atoms with Gasteiger partial charge in [0.2, 0.25) is 5.78 Å². The van der Waals surface area contributed by atoms with Gasteiger partial charge in [-0.1, -0.05) is 42.5 Å². The number of benzene rings is 3. The average molecular weight is 346 g/mol. The molecule has 0 saturated carbocycles. The lowest BCUT2D eigenvalue weighted by atomic mass is 9.74. The molecular formula is C22H18O4. The van der Waals surface area contributed by atoms with Gasteiger partial charge >= 0.3 is 0 Å². The molecule has 3 aromatic carbocycles.